The van der Waals surface area contributed by atoms with Gasteiger partial charge < -0.3 is 14.5 Å². The lowest BCUT2D eigenvalue weighted by Crippen LogP contribution is -2.74. The maximum Gasteiger partial charge on any atom is 0.262 e. The highest BCUT2D eigenvalue weighted by Crippen LogP contribution is 2.59. The Hall–Kier alpha value is -5.76. The number of imide groups is 2. The first-order valence-corrected chi connectivity index (χ1v) is 20.8. The van der Waals surface area contributed by atoms with Gasteiger partial charge in [0.15, 0.2) is 0 Å². The van der Waals surface area contributed by atoms with Crippen LogP contribution in [-0.4, -0.2) is 94.6 Å². The molecule has 6 aliphatic rings. The molecule has 0 spiro atoms. The van der Waals surface area contributed by atoms with Crippen molar-refractivity contribution in [2.24, 2.45) is 16.7 Å². The first kappa shape index (κ1) is 39.7. The van der Waals surface area contributed by atoms with Crippen molar-refractivity contribution in [2.75, 3.05) is 31.1 Å². The van der Waals surface area contributed by atoms with Crippen molar-refractivity contribution in [2.45, 2.75) is 84.2 Å². The third-order valence-electron chi connectivity index (χ3n) is 13.5. The highest BCUT2D eigenvalue weighted by Gasteiger charge is 2.67. The normalized spacial score (nSPS) is 24.9. The molecule has 5 heterocycles. The third-order valence-corrected chi connectivity index (χ3v) is 13.8. The average Bonchev–Trinajstić information content (AvgIpc) is 3.62. The first-order chi connectivity index (χ1) is 28.6. The number of fused-ring (bicyclic) bond motifs is 2. The minimum atomic E-state index is -1.11. The predicted octanol–water partition coefficient (Wildman–Crippen LogP) is 6.22. The summed E-state index contributed by atoms with van der Waals surface area (Å²) in [6.45, 7) is 19.1. The van der Waals surface area contributed by atoms with Gasteiger partial charge in [0.05, 0.1) is 28.4 Å². The van der Waals surface area contributed by atoms with Crippen LogP contribution in [0.4, 0.5) is 15.8 Å². The molecule has 14 heteroatoms. The van der Waals surface area contributed by atoms with Crippen LogP contribution in [-0.2, 0) is 16.1 Å². The molecule has 0 aromatic heterocycles. The van der Waals surface area contributed by atoms with E-state index in [0.717, 1.165) is 48.0 Å². The lowest BCUT2D eigenvalue weighted by molar-refractivity contribution is -0.199. The molecule has 1 aliphatic carbocycles. The molecule has 0 bridgehead atoms. The molecular formula is C46H44ClFN6O6. The minimum Gasteiger partial charge on any atom is -0.489 e. The van der Waals surface area contributed by atoms with E-state index in [0.29, 0.717) is 41.7 Å². The van der Waals surface area contributed by atoms with Crippen molar-refractivity contribution in [3.05, 3.63) is 98.6 Å². The van der Waals surface area contributed by atoms with Crippen LogP contribution < -0.4 is 15.0 Å². The fourth-order valence-corrected chi connectivity index (χ4v) is 11.0. The number of nitrogens with one attached hydrogen (secondary N) is 1. The van der Waals surface area contributed by atoms with E-state index >= 15 is 4.39 Å². The zero-order valence-electron chi connectivity index (χ0n) is 33.8. The summed E-state index contributed by atoms with van der Waals surface area (Å²) in [6.07, 6.45) is 1.65. The zero-order chi connectivity index (χ0) is 42.4. The fraction of sp³-hybridized carbons (Fsp3) is 0.435. The summed E-state index contributed by atoms with van der Waals surface area (Å²) in [5, 5.41) is 2.53. The second kappa shape index (κ2) is 14.5. The van der Waals surface area contributed by atoms with Gasteiger partial charge in [-0.1, -0.05) is 57.2 Å². The highest BCUT2D eigenvalue weighted by atomic mass is 35.5. The Kier molecular flexibility index (Phi) is 9.56. The van der Waals surface area contributed by atoms with Crippen molar-refractivity contribution >= 4 is 52.5 Å². The largest absolute Gasteiger partial charge is 0.489 e. The molecule has 60 heavy (non-hydrogen) atoms. The standard InChI is InChI=1S/C46H44ClFN6O6/c1-45(2)43(46(3,4)44(45)60-29-9-11-35(49-5)33(47)19-29)53-22-27-18-26(8-10-30(27)40(53)57)7-6-25-14-16-51(17-15-25)28-23-52(24-28)37-21-32-31(20-34(37)48)41(58)54(42(32)59)36-12-13-38(55)50-39(36)56/h8-11,18-21,25,28,36,43-44H,12-17,22-24H2,1-4H3,(H,50,55,56). The molecule has 3 aromatic rings. The van der Waals surface area contributed by atoms with Gasteiger partial charge in [-0.05, 0) is 80.4 Å². The third kappa shape index (κ3) is 6.41. The molecule has 1 saturated carbocycles. The average molecular weight is 831 g/mol. The number of hydrogen-bond donors (Lipinski definition) is 1. The van der Waals surface area contributed by atoms with Crippen molar-refractivity contribution in [1.82, 2.24) is 20.0 Å². The van der Waals surface area contributed by atoms with Gasteiger partial charge in [0.1, 0.15) is 23.7 Å². The van der Waals surface area contributed by atoms with E-state index in [4.69, 9.17) is 22.9 Å². The molecule has 12 nitrogen and oxygen atoms in total. The Morgan fingerprint density at radius 3 is 2.25 bits per heavy atom. The summed E-state index contributed by atoms with van der Waals surface area (Å²) in [5.74, 6) is 4.55. The SMILES string of the molecule is [C-]#[N+]c1ccc(OC2C(C)(C)C(N3Cc4cc(C#CC5CCN(C6CN(c7cc8c(cc7F)C(=O)N(C7CCC(=O)NC7=O)C8=O)C6)CC5)ccc4C3=O)C2(C)C)cc1Cl. The van der Waals surface area contributed by atoms with Gasteiger partial charge in [-0.25, -0.2) is 9.24 Å². The Morgan fingerprint density at radius 1 is 0.883 bits per heavy atom. The topological polar surface area (TPSA) is 124 Å². The summed E-state index contributed by atoms with van der Waals surface area (Å²) in [5.41, 5.74) is 2.46. The summed E-state index contributed by atoms with van der Waals surface area (Å²) < 4.78 is 21.9. The molecule has 5 aliphatic heterocycles. The van der Waals surface area contributed by atoms with Gasteiger partial charge in [-0.3, -0.25) is 39.1 Å². The zero-order valence-corrected chi connectivity index (χ0v) is 34.6. The number of piperidine rings is 2. The molecule has 5 amide bonds. The van der Waals surface area contributed by atoms with Gasteiger partial charge >= 0.3 is 0 Å². The van der Waals surface area contributed by atoms with Gasteiger partial charge in [-0.2, -0.15) is 0 Å². The van der Waals surface area contributed by atoms with Crippen molar-refractivity contribution in [3.8, 4) is 17.6 Å². The number of halogens is 2. The van der Waals surface area contributed by atoms with E-state index in [1.165, 1.54) is 6.07 Å². The molecule has 4 fully saturated rings. The second-order valence-electron chi connectivity index (χ2n) is 18.0. The van der Waals surface area contributed by atoms with Crippen molar-refractivity contribution in [1.29, 1.82) is 0 Å². The van der Waals surface area contributed by atoms with E-state index in [1.807, 2.05) is 28.0 Å². The molecule has 308 valence electrons. The summed E-state index contributed by atoms with van der Waals surface area (Å²) in [6, 6.07) is 12.5. The first-order valence-electron chi connectivity index (χ1n) is 20.4. The molecule has 1 unspecified atom stereocenters. The molecule has 3 aromatic carbocycles. The molecule has 9 rings (SSSR count). The number of benzene rings is 3. The predicted molar refractivity (Wildman–Crippen MR) is 220 cm³/mol. The van der Waals surface area contributed by atoms with Crippen LogP contribution >= 0.6 is 11.6 Å². The van der Waals surface area contributed by atoms with Gasteiger partial charge in [-0.15, -0.1) is 0 Å². The number of carbonyl (C=O) groups is 5. The molecule has 0 radical (unpaired) electrons. The van der Waals surface area contributed by atoms with Crippen LogP contribution in [0, 0.1) is 41.0 Å². The lowest BCUT2D eigenvalue weighted by Gasteiger charge is -2.65. The number of carbonyl (C=O) groups excluding carboxylic acids is 5. The smallest absolute Gasteiger partial charge is 0.262 e. The van der Waals surface area contributed by atoms with E-state index in [9.17, 15) is 24.0 Å². The Balaban J connectivity index is 0.786. The summed E-state index contributed by atoms with van der Waals surface area (Å²) in [4.78, 5) is 74.8. The monoisotopic (exact) mass is 830 g/mol. The van der Waals surface area contributed by atoms with Crippen molar-refractivity contribution < 1.29 is 33.1 Å². The van der Waals surface area contributed by atoms with E-state index in [-0.39, 0.29) is 70.5 Å². The van der Waals surface area contributed by atoms with Crippen LogP contribution in [0.5, 0.6) is 5.75 Å². The number of anilines is 1. The van der Waals surface area contributed by atoms with E-state index in [1.54, 1.807) is 18.2 Å². The van der Waals surface area contributed by atoms with Gasteiger partial charge in [0.25, 0.3) is 17.7 Å². The van der Waals surface area contributed by atoms with Gasteiger partial charge in [0.2, 0.25) is 17.5 Å². The highest BCUT2D eigenvalue weighted by molar-refractivity contribution is 6.33. The second-order valence-corrected chi connectivity index (χ2v) is 18.4. The molecular weight excluding hydrogens is 787 g/mol. The van der Waals surface area contributed by atoms with Crippen LogP contribution in [0.1, 0.15) is 95.6 Å². The number of hydrogen-bond acceptors (Lipinski definition) is 8. The summed E-state index contributed by atoms with van der Waals surface area (Å²) in [7, 11) is 0. The maximum absolute atomic E-state index is 15.4. The maximum atomic E-state index is 15.4. The van der Waals surface area contributed by atoms with Crippen LogP contribution in [0.2, 0.25) is 5.02 Å². The van der Waals surface area contributed by atoms with E-state index in [2.05, 4.69) is 54.6 Å². The lowest BCUT2D eigenvalue weighted by atomic mass is 9.49. The van der Waals surface area contributed by atoms with Crippen LogP contribution in [0.15, 0.2) is 48.5 Å². The quantitative estimate of drug-likeness (QED) is 0.177. The van der Waals surface area contributed by atoms with Crippen LogP contribution in [0.25, 0.3) is 4.85 Å². The number of rotatable bonds is 6. The molecule has 1 N–H and O–H groups in total. The van der Waals surface area contributed by atoms with Gasteiger partial charge in [0, 0.05) is 66.0 Å². The fourth-order valence-electron chi connectivity index (χ4n) is 10.8. The molecule has 1 atom stereocenters. The van der Waals surface area contributed by atoms with Crippen LogP contribution in [0.3, 0.4) is 0 Å². The Bertz CT molecular complexity index is 2490. The number of likely N-dealkylation sites (tertiary alicyclic amines) is 1. The number of nitrogens with zero attached hydrogens (tertiary/aromatic N) is 5. The van der Waals surface area contributed by atoms with E-state index < -0.39 is 35.5 Å². The Labute approximate surface area is 352 Å². The minimum absolute atomic E-state index is 0.0119. The Morgan fingerprint density at radius 2 is 1.58 bits per heavy atom. The molecule has 3 saturated heterocycles. The van der Waals surface area contributed by atoms with Crippen molar-refractivity contribution in [3.63, 3.8) is 0 Å². The number of ether oxygens (including phenoxy) is 1. The number of amides is 5. The summed E-state index contributed by atoms with van der Waals surface area (Å²) >= 11 is 6.29.